The van der Waals surface area contributed by atoms with E-state index in [0.29, 0.717) is 0 Å². The summed E-state index contributed by atoms with van der Waals surface area (Å²) in [4.78, 5) is 3.37. The van der Waals surface area contributed by atoms with Gasteiger partial charge in [-0.3, -0.25) is 0 Å². The van der Waals surface area contributed by atoms with Crippen LogP contribution in [-0.4, -0.2) is 21.4 Å². The lowest BCUT2D eigenvalue weighted by molar-refractivity contribution is -0.128. The molecule has 0 aliphatic heterocycles. The average molecular weight is 163 g/mol. The summed E-state index contributed by atoms with van der Waals surface area (Å²) in [5.41, 5.74) is 0. The third-order valence-electron chi connectivity index (χ3n) is 0.889. The lowest BCUT2D eigenvalue weighted by Gasteiger charge is -2.02. The number of alkyl halides is 3. The molecule has 60 valence electrons. The molecular weight excluding hydrogens is 159 g/mol. The van der Waals surface area contributed by atoms with Gasteiger partial charge in [0.15, 0.2) is 5.82 Å². The predicted octanol–water partition coefficient (Wildman–Crippen LogP) is 0.976. The van der Waals surface area contributed by atoms with Gasteiger partial charge in [0.2, 0.25) is 0 Å². The fraction of sp³-hybridized carbons (Fsp3) is 0.400. The molecule has 0 aliphatic rings. The highest BCUT2D eigenvalue weighted by Gasteiger charge is 2.29. The van der Waals surface area contributed by atoms with Crippen LogP contribution in [-0.2, 0) is 6.42 Å². The van der Waals surface area contributed by atoms with Crippen molar-refractivity contribution in [1.82, 2.24) is 15.2 Å². The van der Waals surface area contributed by atoms with Crippen molar-refractivity contribution in [2.45, 2.75) is 12.6 Å². The van der Waals surface area contributed by atoms with Crippen molar-refractivity contribution in [2.75, 3.05) is 0 Å². The molecule has 0 radical (unpaired) electrons. The van der Waals surface area contributed by atoms with Gasteiger partial charge in [0.25, 0.3) is 0 Å². The van der Waals surface area contributed by atoms with Gasteiger partial charge in [-0.1, -0.05) is 0 Å². The van der Waals surface area contributed by atoms with Crippen molar-refractivity contribution in [2.24, 2.45) is 0 Å². The fourth-order valence-corrected chi connectivity index (χ4v) is 0.535. The highest BCUT2D eigenvalue weighted by Crippen LogP contribution is 2.18. The molecule has 0 saturated heterocycles. The maximum atomic E-state index is 11.6. The Kier molecular flexibility index (Phi) is 2.02. The first-order valence-corrected chi connectivity index (χ1v) is 2.77. The van der Waals surface area contributed by atoms with E-state index in [-0.39, 0.29) is 5.82 Å². The van der Waals surface area contributed by atoms with Crippen LogP contribution in [0.4, 0.5) is 13.2 Å². The molecule has 0 aromatic carbocycles. The summed E-state index contributed by atoms with van der Waals surface area (Å²) in [6.45, 7) is 0. The third-order valence-corrected chi connectivity index (χ3v) is 0.889. The molecule has 1 aromatic heterocycles. The van der Waals surface area contributed by atoms with E-state index in [1.807, 2.05) is 0 Å². The number of hydrogen-bond acceptors (Lipinski definition) is 3. The van der Waals surface area contributed by atoms with E-state index in [0.717, 1.165) is 0 Å². The van der Waals surface area contributed by atoms with Gasteiger partial charge >= 0.3 is 6.18 Å². The van der Waals surface area contributed by atoms with E-state index in [1.54, 1.807) is 0 Å². The zero-order valence-electron chi connectivity index (χ0n) is 5.34. The minimum absolute atomic E-state index is 0.306. The Balaban J connectivity index is 2.66. The molecule has 0 bridgehead atoms. The van der Waals surface area contributed by atoms with Gasteiger partial charge in [0.05, 0.1) is 6.20 Å². The largest absolute Gasteiger partial charge is 0.396 e. The van der Waals surface area contributed by atoms with E-state index < -0.39 is 12.6 Å². The van der Waals surface area contributed by atoms with Crippen LogP contribution in [0.3, 0.4) is 0 Å². The SMILES string of the molecule is FC(F)(F)Cc1nccnn1. The van der Waals surface area contributed by atoms with Gasteiger partial charge in [-0.2, -0.15) is 18.3 Å². The summed E-state index contributed by atoms with van der Waals surface area (Å²) in [5.74, 6) is -0.306. The Morgan fingerprint density at radius 3 is 2.45 bits per heavy atom. The summed E-state index contributed by atoms with van der Waals surface area (Å²) in [5, 5.41) is 6.44. The maximum absolute atomic E-state index is 11.6. The molecule has 0 atom stereocenters. The van der Waals surface area contributed by atoms with Gasteiger partial charge in [0.1, 0.15) is 6.42 Å². The van der Waals surface area contributed by atoms with Crippen molar-refractivity contribution in [3.63, 3.8) is 0 Å². The molecule has 11 heavy (non-hydrogen) atoms. The number of hydrogen-bond donors (Lipinski definition) is 0. The van der Waals surface area contributed by atoms with Crippen LogP contribution in [0.1, 0.15) is 5.82 Å². The number of halogens is 3. The first kappa shape index (κ1) is 7.90. The van der Waals surface area contributed by atoms with Gasteiger partial charge in [-0.25, -0.2) is 4.98 Å². The molecule has 0 unspecified atom stereocenters. The smallest absolute Gasteiger partial charge is 0.237 e. The van der Waals surface area contributed by atoms with Crippen LogP contribution in [0, 0.1) is 0 Å². The van der Waals surface area contributed by atoms with Crippen LogP contribution in [0.2, 0.25) is 0 Å². The highest BCUT2D eigenvalue weighted by molar-refractivity contribution is 4.84. The summed E-state index contributed by atoms with van der Waals surface area (Å²) in [6.07, 6.45) is -2.99. The average Bonchev–Trinajstić information content (AvgIpc) is 1.85. The molecule has 0 saturated carbocycles. The fourth-order valence-electron chi connectivity index (χ4n) is 0.535. The molecule has 1 rings (SSSR count). The second kappa shape index (κ2) is 2.81. The monoisotopic (exact) mass is 163 g/mol. The van der Waals surface area contributed by atoms with E-state index in [1.165, 1.54) is 12.4 Å². The molecular formula is C5H4F3N3. The maximum Gasteiger partial charge on any atom is 0.396 e. The number of rotatable bonds is 1. The summed E-state index contributed by atoms with van der Waals surface area (Å²) >= 11 is 0. The first-order chi connectivity index (χ1) is 5.08. The lowest BCUT2D eigenvalue weighted by atomic mass is 10.4. The van der Waals surface area contributed by atoms with Crippen molar-refractivity contribution in [3.8, 4) is 0 Å². The normalized spacial score (nSPS) is 11.5. The topological polar surface area (TPSA) is 38.7 Å². The summed E-state index contributed by atoms with van der Waals surface area (Å²) < 4.78 is 34.9. The quantitative estimate of drug-likeness (QED) is 0.619. The summed E-state index contributed by atoms with van der Waals surface area (Å²) in [7, 11) is 0. The minimum atomic E-state index is -4.26. The Labute approximate surface area is 60.3 Å². The Hall–Kier alpha value is -1.20. The summed E-state index contributed by atoms with van der Waals surface area (Å²) in [6, 6.07) is 0. The molecule has 6 heteroatoms. The van der Waals surface area contributed by atoms with Crippen LogP contribution in [0.15, 0.2) is 12.4 Å². The van der Waals surface area contributed by atoms with E-state index >= 15 is 0 Å². The van der Waals surface area contributed by atoms with Gasteiger partial charge in [-0.05, 0) is 0 Å². The molecule has 0 N–H and O–H groups in total. The van der Waals surface area contributed by atoms with Gasteiger partial charge in [-0.15, -0.1) is 5.10 Å². The molecule has 0 aliphatic carbocycles. The second-order valence-electron chi connectivity index (χ2n) is 1.85. The van der Waals surface area contributed by atoms with E-state index in [9.17, 15) is 13.2 Å². The molecule has 1 heterocycles. The van der Waals surface area contributed by atoms with Crippen LogP contribution < -0.4 is 0 Å². The van der Waals surface area contributed by atoms with Crippen molar-refractivity contribution in [1.29, 1.82) is 0 Å². The Morgan fingerprint density at radius 2 is 2.00 bits per heavy atom. The predicted molar refractivity (Wildman–Crippen MR) is 29.6 cm³/mol. The number of aromatic nitrogens is 3. The van der Waals surface area contributed by atoms with E-state index in [2.05, 4.69) is 15.2 Å². The highest BCUT2D eigenvalue weighted by atomic mass is 19.4. The zero-order chi connectivity index (χ0) is 8.32. The van der Waals surface area contributed by atoms with Crippen LogP contribution in [0.25, 0.3) is 0 Å². The zero-order valence-corrected chi connectivity index (χ0v) is 5.34. The third kappa shape index (κ3) is 2.92. The van der Waals surface area contributed by atoms with Gasteiger partial charge in [0, 0.05) is 6.20 Å². The standard InChI is InChI=1S/C5H4F3N3/c6-5(7,8)3-4-9-1-2-10-11-4/h1-2H,3H2. The van der Waals surface area contributed by atoms with Crippen LogP contribution in [0.5, 0.6) is 0 Å². The lowest BCUT2D eigenvalue weighted by Crippen LogP contribution is -2.14. The first-order valence-electron chi connectivity index (χ1n) is 2.77. The Morgan fingerprint density at radius 1 is 1.27 bits per heavy atom. The Bertz CT molecular complexity index is 220. The molecule has 1 aromatic rings. The van der Waals surface area contributed by atoms with Crippen molar-refractivity contribution < 1.29 is 13.2 Å². The van der Waals surface area contributed by atoms with E-state index in [4.69, 9.17) is 0 Å². The molecule has 3 nitrogen and oxygen atoms in total. The minimum Gasteiger partial charge on any atom is -0.237 e. The second-order valence-corrected chi connectivity index (χ2v) is 1.85. The number of nitrogens with zero attached hydrogens (tertiary/aromatic N) is 3. The molecule has 0 amide bonds. The molecule has 0 spiro atoms. The van der Waals surface area contributed by atoms with Crippen molar-refractivity contribution in [3.05, 3.63) is 18.2 Å². The molecule has 0 fully saturated rings. The van der Waals surface area contributed by atoms with Crippen molar-refractivity contribution >= 4 is 0 Å². The van der Waals surface area contributed by atoms with Crippen LogP contribution >= 0.6 is 0 Å². The van der Waals surface area contributed by atoms with Gasteiger partial charge < -0.3 is 0 Å².